The van der Waals surface area contributed by atoms with Gasteiger partial charge in [0, 0.05) is 12.2 Å². The van der Waals surface area contributed by atoms with Crippen molar-refractivity contribution < 1.29 is 13.9 Å². The molecule has 0 spiro atoms. The van der Waals surface area contributed by atoms with Crippen LogP contribution in [-0.4, -0.2) is 19.8 Å². The lowest BCUT2D eigenvalue weighted by Crippen LogP contribution is -2.45. The van der Waals surface area contributed by atoms with Crippen LogP contribution >= 0.6 is 0 Å². The average molecular weight is 284 g/mol. The van der Waals surface area contributed by atoms with Gasteiger partial charge in [-0.2, -0.15) is 0 Å². The van der Waals surface area contributed by atoms with Crippen molar-refractivity contribution in [1.29, 1.82) is 0 Å². The van der Waals surface area contributed by atoms with Crippen LogP contribution in [0.25, 0.3) is 0 Å². The number of halogens is 1. The van der Waals surface area contributed by atoms with E-state index in [2.05, 4.69) is 5.43 Å². The number of rotatable bonds is 6. The molecule has 0 aliphatic carbocycles. The van der Waals surface area contributed by atoms with Crippen LogP contribution in [0.5, 0.6) is 5.75 Å². The van der Waals surface area contributed by atoms with Gasteiger partial charge in [0.15, 0.2) is 11.6 Å². The monoisotopic (exact) mass is 284 g/mol. The molecule has 0 aliphatic heterocycles. The fourth-order valence-electron chi connectivity index (χ4n) is 2.29. The highest BCUT2D eigenvalue weighted by molar-refractivity contribution is 5.33. The van der Waals surface area contributed by atoms with E-state index in [1.165, 1.54) is 7.11 Å². The molecule has 0 amide bonds. The standard InChI is InChI=1S/C15H25FN2O2/c1-6-20-14(15(2,3)4)13(18-17)10-8-7-9-11(19-5)12(10)16/h7-9,13-14,18H,6,17H2,1-5H3. The second kappa shape index (κ2) is 7.02. The molecule has 0 aliphatic rings. The van der Waals surface area contributed by atoms with Crippen molar-refractivity contribution in [2.75, 3.05) is 13.7 Å². The zero-order chi connectivity index (χ0) is 15.3. The van der Waals surface area contributed by atoms with Gasteiger partial charge in [0.25, 0.3) is 0 Å². The normalized spacial score (nSPS) is 14.9. The first-order valence-electron chi connectivity index (χ1n) is 6.76. The molecule has 0 saturated heterocycles. The largest absolute Gasteiger partial charge is 0.494 e. The fourth-order valence-corrected chi connectivity index (χ4v) is 2.29. The zero-order valence-electron chi connectivity index (χ0n) is 12.9. The molecule has 3 N–H and O–H groups in total. The molecule has 20 heavy (non-hydrogen) atoms. The van der Waals surface area contributed by atoms with Crippen LogP contribution in [0.2, 0.25) is 0 Å². The Hall–Kier alpha value is -1.17. The summed E-state index contributed by atoms with van der Waals surface area (Å²) < 4.78 is 25.2. The smallest absolute Gasteiger partial charge is 0.169 e. The first-order chi connectivity index (χ1) is 9.36. The van der Waals surface area contributed by atoms with E-state index in [1.807, 2.05) is 27.7 Å². The molecular formula is C15H25FN2O2. The second-order valence-electron chi connectivity index (χ2n) is 5.75. The highest BCUT2D eigenvalue weighted by atomic mass is 19.1. The molecule has 0 heterocycles. The first kappa shape index (κ1) is 16.9. The summed E-state index contributed by atoms with van der Waals surface area (Å²) in [4.78, 5) is 0. The molecule has 1 aromatic carbocycles. The zero-order valence-corrected chi connectivity index (χ0v) is 12.9. The lowest BCUT2D eigenvalue weighted by molar-refractivity contribution is -0.0374. The van der Waals surface area contributed by atoms with Gasteiger partial charge < -0.3 is 9.47 Å². The lowest BCUT2D eigenvalue weighted by Gasteiger charge is -2.36. The highest BCUT2D eigenvalue weighted by Crippen LogP contribution is 2.35. The average Bonchev–Trinajstić information content (AvgIpc) is 2.39. The quantitative estimate of drug-likeness (QED) is 0.623. The van der Waals surface area contributed by atoms with E-state index in [-0.39, 0.29) is 17.3 Å². The van der Waals surface area contributed by atoms with Crippen molar-refractivity contribution in [3.63, 3.8) is 0 Å². The Balaban J connectivity index is 3.23. The number of benzene rings is 1. The van der Waals surface area contributed by atoms with Gasteiger partial charge in [0.05, 0.1) is 19.3 Å². The van der Waals surface area contributed by atoms with Gasteiger partial charge in [-0.25, -0.2) is 4.39 Å². The molecule has 0 aromatic heterocycles. The number of hydrazine groups is 1. The van der Waals surface area contributed by atoms with Crippen LogP contribution < -0.4 is 16.0 Å². The maximum Gasteiger partial charge on any atom is 0.169 e. The Labute approximate surface area is 120 Å². The summed E-state index contributed by atoms with van der Waals surface area (Å²) in [6, 6.07) is 4.57. The Bertz CT molecular complexity index is 432. The van der Waals surface area contributed by atoms with E-state index in [4.69, 9.17) is 15.3 Å². The molecule has 0 radical (unpaired) electrons. The predicted octanol–water partition coefficient (Wildman–Crippen LogP) is 2.79. The van der Waals surface area contributed by atoms with E-state index in [1.54, 1.807) is 18.2 Å². The maximum atomic E-state index is 14.4. The van der Waals surface area contributed by atoms with Crippen LogP contribution in [0, 0.1) is 11.2 Å². The van der Waals surface area contributed by atoms with Crippen LogP contribution in [-0.2, 0) is 4.74 Å². The summed E-state index contributed by atoms with van der Waals surface area (Å²) in [5.41, 5.74) is 2.93. The lowest BCUT2D eigenvalue weighted by atomic mass is 9.82. The minimum atomic E-state index is -0.454. The van der Waals surface area contributed by atoms with E-state index in [0.717, 1.165) is 0 Å². The van der Waals surface area contributed by atoms with Crippen LogP contribution in [0.3, 0.4) is 0 Å². The van der Waals surface area contributed by atoms with Crippen molar-refractivity contribution in [3.8, 4) is 5.75 Å². The molecule has 1 aromatic rings. The summed E-state index contributed by atoms with van der Waals surface area (Å²) >= 11 is 0. The minimum absolute atomic E-state index is 0.192. The fraction of sp³-hybridized carbons (Fsp3) is 0.600. The van der Waals surface area contributed by atoms with E-state index < -0.39 is 11.9 Å². The Morgan fingerprint density at radius 2 is 2.00 bits per heavy atom. The third kappa shape index (κ3) is 3.69. The molecule has 0 saturated carbocycles. The molecule has 2 unspecified atom stereocenters. The molecular weight excluding hydrogens is 259 g/mol. The minimum Gasteiger partial charge on any atom is -0.494 e. The van der Waals surface area contributed by atoms with E-state index >= 15 is 0 Å². The topological polar surface area (TPSA) is 56.5 Å². The van der Waals surface area contributed by atoms with Gasteiger partial charge in [-0.1, -0.05) is 32.9 Å². The third-order valence-electron chi connectivity index (χ3n) is 3.23. The number of ether oxygens (including phenoxy) is 2. The number of nitrogens with one attached hydrogen (secondary N) is 1. The third-order valence-corrected chi connectivity index (χ3v) is 3.23. The number of hydrogen-bond acceptors (Lipinski definition) is 4. The van der Waals surface area contributed by atoms with Crippen LogP contribution in [0.1, 0.15) is 39.3 Å². The van der Waals surface area contributed by atoms with Gasteiger partial charge in [-0.05, 0) is 18.4 Å². The summed E-state index contributed by atoms with van der Waals surface area (Å²) in [6.07, 6.45) is -0.265. The van der Waals surface area contributed by atoms with Crippen LogP contribution in [0.15, 0.2) is 18.2 Å². The van der Waals surface area contributed by atoms with Gasteiger partial charge >= 0.3 is 0 Å². The summed E-state index contributed by atoms with van der Waals surface area (Å²) in [5.74, 6) is 5.45. The van der Waals surface area contributed by atoms with Crippen molar-refractivity contribution in [1.82, 2.24) is 5.43 Å². The molecule has 2 atom stereocenters. The van der Waals surface area contributed by atoms with Crippen molar-refractivity contribution in [2.24, 2.45) is 11.3 Å². The molecule has 4 nitrogen and oxygen atoms in total. The number of hydrogen-bond donors (Lipinski definition) is 2. The Morgan fingerprint density at radius 1 is 1.35 bits per heavy atom. The van der Waals surface area contributed by atoms with Gasteiger partial charge in [0.1, 0.15) is 0 Å². The Kier molecular flexibility index (Phi) is 5.92. The Morgan fingerprint density at radius 3 is 2.45 bits per heavy atom. The maximum absolute atomic E-state index is 14.4. The van der Waals surface area contributed by atoms with Gasteiger partial charge in [-0.3, -0.25) is 11.3 Å². The molecule has 5 heteroatoms. The summed E-state index contributed by atoms with van der Waals surface area (Å²) in [5, 5.41) is 0. The molecule has 114 valence electrons. The van der Waals surface area contributed by atoms with Gasteiger partial charge in [0.2, 0.25) is 0 Å². The van der Waals surface area contributed by atoms with Crippen molar-refractivity contribution >= 4 is 0 Å². The second-order valence-corrected chi connectivity index (χ2v) is 5.75. The highest BCUT2D eigenvalue weighted by Gasteiger charge is 2.35. The van der Waals surface area contributed by atoms with Gasteiger partial charge in [-0.15, -0.1) is 0 Å². The number of nitrogens with two attached hydrogens (primary N) is 1. The molecule has 1 rings (SSSR count). The molecule has 0 fully saturated rings. The van der Waals surface area contributed by atoms with Crippen LogP contribution in [0.4, 0.5) is 4.39 Å². The van der Waals surface area contributed by atoms with Crippen molar-refractivity contribution in [3.05, 3.63) is 29.6 Å². The summed E-state index contributed by atoms with van der Waals surface area (Å²) in [7, 11) is 1.44. The SMILES string of the molecule is CCOC(C(NN)c1cccc(OC)c1F)C(C)(C)C. The van der Waals surface area contributed by atoms with E-state index in [0.29, 0.717) is 12.2 Å². The predicted molar refractivity (Wildman–Crippen MR) is 77.9 cm³/mol. The first-order valence-corrected chi connectivity index (χ1v) is 6.76. The molecule has 0 bridgehead atoms. The van der Waals surface area contributed by atoms with E-state index in [9.17, 15) is 4.39 Å². The number of methoxy groups -OCH3 is 1. The van der Waals surface area contributed by atoms with Crippen molar-refractivity contribution in [2.45, 2.75) is 39.8 Å². The summed E-state index contributed by atoms with van der Waals surface area (Å²) in [6.45, 7) is 8.56.